The van der Waals surface area contributed by atoms with Crippen molar-refractivity contribution < 1.29 is 28.6 Å². The van der Waals surface area contributed by atoms with Crippen LogP contribution in [0.1, 0.15) is 271 Å². The topological polar surface area (TPSA) is 78.9 Å². The Labute approximate surface area is 492 Å². The molecule has 0 rings (SSSR count). The highest BCUT2D eigenvalue weighted by atomic mass is 16.6. The fraction of sp³-hybridized carbons (Fsp3) is 0.608. The summed E-state index contributed by atoms with van der Waals surface area (Å²) in [4.78, 5) is 38.3. The summed E-state index contributed by atoms with van der Waals surface area (Å²) >= 11 is 0. The summed E-state index contributed by atoms with van der Waals surface area (Å²) in [7, 11) is 0. The van der Waals surface area contributed by atoms with Crippen LogP contribution in [0.15, 0.2) is 158 Å². The van der Waals surface area contributed by atoms with Crippen LogP contribution in [0.2, 0.25) is 0 Å². The monoisotopic (exact) mass is 1100 g/mol. The first-order valence-corrected chi connectivity index (χ1v) is 32.5. The lowest BCUT2D eigenvalue weighted by atomic mass is 10.1. The van der Waals surface area contributed by atoms with Crippen molar-refractivity contribution >= 4 is 17.9 Å². The molecule has 0 fully saturated rings. The summed E-state index contributed by atoms with van der Waals surface area (Å²) in [5.41, 5.74) is 0. The predicted molar refractivity (Wildman–Crippen MR) is 348 cm³/mol. The highest BCUT2D eigenvalue weighted by Gasteiger charge is 2.19. The Kier molecular flexibility index (Phi) is 62.4. The van der Waals surface area contributed by atoms with E-state index in [9.17, 15) is 14.4 Å². The second-order valence-corrected chi connectivity index (χ2v) is 20.9. The quantitative estimate of drug-likeness (QED) is 0.0261. The number of unbranched alkanes of at least 4 members (excludes halogenated alkanes) is 20. The molecule has 0 aliphatic carbocycles. The smallest absolute Gasteiger partial charge is 0.306 e. The lowest BCUT2D eigenvalue weighted by Crippen LogP contribution is -2.30. The number of esters is 3. The van der Waals surface area contributed by atoms with E-state index in [0.29, 0.717) is 19.3 Å². The standard InChI is InChI=1S/C74H118O6/c1-4-7-10-13-16-19-22-25-28-30-31-32-33-34-35-36-37-38-39-40-41-42-43-44-47-49-52-55-58-61-64-67-73(76)79-70-71(69-78-72(75)66-63-60-57-54-51-48-45-27-24-21-18-15-12-9-6-3)80-74(77)68-65-62-59-56-53-50-46-29-26-23-20-17-14-11-8-5-2/h7,9-10,12,16,18-19,21,25,27-29,31-32,34-35,37-38,40-41,43-46,49,52,71H,4-6,8,11,13-15,17,20,22-24,26,30,33,36,39,42,47-48,50-51,53-70H2,1-3H3/b10-7-,12-9-,19-16-,21-18-,28-25-,32-31-,35-34-,38-37-,41-40-,44-43-,45-27-,46-29-,52-49-. The van der Waals surface area contributed by atoms with Crippen molar-refractivity contribution in [3.63, 3.8) is 0 Å². The average molecular weight is 1100 g/mol. The van der Waals surface area contributed by atoms with Crippen molar-refractivity contribution in [2.24, 2.45) is 0 Å². The number of hydrogen-bond acceptors (Lipinski definition) is 6. The molecule has 0 aromatic rings. The zero-order valence-corrected chi connectivity index (χ0v) is 51.5. The Morgan fingerprint density at radius 3 is 0.787 bits per heavy atom. The van der Waals surface area contributed by atoms with E-state index in [1.165, 1.54) is 57.8 Å². The van der Waals surface area contributed by atoms with Crippen molar-refractivity contribution in [3.05, 3.63) is 158 Å². The number of hydrogen-bond donors (Lipinski definition) is 0. The minimum Gasteiger partial charge on any atom is -0.462 e. The Balaban J connectivity index is 4.43. The predicted octanol–water partition coefficient (Wildman–Crippen LogP) is 22.5. The summed E-state index contributed by atoms with van der Waals surface area (Å²) in [5.74, 6) is -0.966. The molecular weight excluding hydrogens is 985 g/mol. The van der Waals surface area contributed by atoms with E-state index in [0.717, 1.165) is 173 Å². The van der Waals surface area contributed by atoms with Gasteiger partial charge in [0, 0.05) is 19.3 Å². The van der Waals surface area contributed by atoms with Gasteiger partial charge in [-0.3, -0.25) is 14.4 Å². The number of carbonyl (C=O) groups is 3. The number of rotatable bonds is 57. The molecule has 6 nitrogen and oxygen atoms in total. The van der Waals surface area contributed by atoms with Gasteiger partial charge in [0.2, 0.25) is 0 Å². The van der Waals surface area contributed by atoms with Gasteiger partial charge in [-0.2, -0.15) is 0 Å². The number of allylic oxidation sites excluding steroid dienone is 26. The lowest BCUT2D eigenvalue weighted by molar-refractivity contribution is -0.167. The fourth-order valence-electron chi connectivity index (χ4n) is 8.44. The Morgan fingerprint density at radius 2 is 0.487 bits per heavy atom. The van der Waals surface area contributed by atoms with E-state index in [-0.39, 0.29) is 31.1 Å². The molecule has 0 N–H and O–H groups in total. The third kappa shape index (κ3) is 63.9. The van der Waals surface area contributed by atoms with Crippen LogP contribution < -0.4 is 0 Å². The fourth-order valence-corrected chi connectivity index (χ4v) is 8.44. The molecule has 0 radical (unpaired) electrons. The van der Waals surface area contributed by atoms with Crippen LogP contribution >= 0.6 is 0 Å². The summed E-state index contributed by atoms with van der Waals surface area (Å²) in [6.45, 7) is 6.36. The Bertz CT molecular complexity index is 1790. The molecule has 0 aliphatic heterocycles. The minimum absolute atomic E-state index is 0.107. The van der Waals surface area contributed by atoms with E-state index in [1.807, 2.05) is 0 Å². The first kappa shape index (κ1) is 75.0. The maximum atomic E-state index is 12.9. The van der Waals surface area contributed by atoms with Crippen molar-refractivity contribution in [2.75, 3.05) is 13.2 Å². The molecule has 0 aromatic heterocycles. The lowest BCUT2D eigenvalue weighted by Gasteiger charge is -2.18. The molecule has 450 valence electrons. The number of carbonyl (C=O) groups excluding carboxylic acids is 3. The second-order valence-electron chi connectivity index (χ2n) is 20.9. The molecule has 1 atom stereocenters. The highest BCUT2D eigenvalue weighted by Crippen LogP contribution is 2.14. The van der Waals surface area contributed by atoms with E-state index >= 15 is 0 Å². The molecular formula is C74H118O6. The van der Waals surface area contributed by atoms with Gasteiger partial charge in [0.15, 0.2) is 6.10 Å². The van der Waals surface area contributed by atoms with Gasteiger partial charge in [-0.1, -0.05) is 262 Å². The maximum absolute atomic E-state index is 12.9. The van der Waals surface area contributed by atoms with E-state index in [2.05, 4.69) is 179 Å². The van der Waals surface area contributed by atoms with Crippen LogP contribution in [0.4, 0.5) is 0 Å². The molecule has 0 heterocycles. The van der Waals surface area contributed by atoms with Gasteiger partial charge in [0.25, 0.3) is 0 Å². The van der Waals surface area contributed by atoms with Gasteiger partial charge in [-0.05, 0) is 148 Å². The molecule has 0 amide bonds. The normalized spacial score (nSPS) is 13.2. The van der Waals surface area contributed by atoms with Crippen molar-refractivity contribution in [3.8, 4) is 0 Å². The zero-order chi connectivity index (χ0) is 57.8. The SMILES string of the molecule is CC/C=C\C/C=C\C/C=C\C/C=C\C/C=C\C/C=C\C/C=C\C/C=C\C/C=C\CCCCCC(=O)OCC(COC(=O)CCCCCCC/C=C\C/C=C\C/C=C\CC)OC(=O)CCCCCCC/C=C\CCCCCCCCC. The van der Waals surface area contributed by atoms with Crippen LogP contribution in [-0.4, -0.2) is 37.2 Å². The highest BCUT2D eigenvalue weighted by molar-refractivity contribution is 5.71. The minimum atomic E-state index is -0.812. The van der Waals surface area contributed by atoms with Crippen LogP contribution in [0.3, 0.4) is 0 Å². The maximum Gasteiger partial charge on any atom is 0.306 e. The van der Waals surface area contributed by atoms with Crippen LogP contribution in [-0.2, 0) is 28.6 Å². The molecule has 0 bridgehead atoms. The molecule has 0 aliphatic rings. The molecule has 1 unspecified atom stereocenters. The summed E-state index contributed by atoms with van der Waals surface area (Å²) in [5, 5.41) is 0. The second kappa shape index (κ2) is 66.5. The van der Waals surface area contributed by atoms with Gasteiger partial charge < -0.3 is 14.2 Å². The molecule has 0 spiro atoms. The summed E-state index contributed by atoms with van der Waals surface area (Å²) in [6.07, 6.45) is 96.8. The van der Waals surface area contributed by atoms with E-state index in [4.69, 9.17) is 14.2 Å². The van der Waals surface area contributed by atoms with Crippen molar-refractivity contribution in [1.29, 1.82) is 0 Å². The molecule has 80 heavy (non-hydrogen) atoms. The van der Waals surface area contributed by atoms with Crippen LogP contribution in [0, 0.1) is 0 Å². The molecule has 0 saturated heterocycles. The van der Waals surface area contributed by atoms with Gasteiger partial charge in [0.05, 0.1) is 0 Å². The summed E-state index contributed by atoms with van der Waals surface area (Å²) in [6, 6.07) is 0. The van der Waals surface area contributed by atoms with E-state index in [1.54, 1.807) is 0 Å². The largest absolute Gasteiger partial charge is 0.462 e. The summed E-state index contributed by atoms with van der Waals surface area (Å²) < 4.78 is 16.9. The van der Waals surface area contributed by atoms with Gasteiger partial charge in [-0.15, -0.1) is 0 Å². The molecule has 6 heteroatoms. The molecule has 0 aromatic carbocycles. The van der Waals surface area contributed by atoms with Crippen LogP contribution in [0.5, 0.6) is 0 Å². The Hall–Kier alpha value is -4.97. The third-order valence-corrected chi connectivity index (χ3v) is 13.2. The van der Waals surface area contributed by atoms with Gasteiger partial charge in [-0.25, -0.2) is 0 Å². The molecule has 0 saturated carbocycles. The zero-order valence-electron chi connectivity index (χ0n) is 51.5. The van der Waals surface area contributed by atoms with Gasteiger partial charge >= 0.3 is 17.9 Å². The van der Waals surface area contributed by atoms with Crippen molar-refractivity contribution in [1.82, 2.24) is 0 Å². The first-order valence-electron chi connectivity index (χ1n) is 32.5. The van der Waals surface area contributed by atoms with Crippen molar-refractivity contribution in [2.45, 2.75) is 277 Å². The number of ether oxygens (including phenoxy) is 3. The van der Waals surface area contributed by atoms with E-state index < -0.39 is 6.10 Å². The third-order valence-electron chi connectivity index (χ3n) is 13.2. The van der Waals surface area contributed by atoms with Gasteiger partial charge in [0.1, 0.15) is 13.2 Å². The van der Waals surface area contributed by atoms with Crippen LogP contribution in [0.25, 0.3) is 0 Å². The average Bonchev–Trinajstić information content (AvgIpc) is 3.46. The first-order chi connectivity index (χ1) is 39.5. The Morgan fingerprint density at radius 1 is 0.263 bits per heavy atom.